The van der Waals surface area contributed by atoms with Gasteiger partial charge in [0.25, 0.3) is 0 Å². The highest BCUT2D eigenvalue weighted by Crippen LogP contribution is 2.22. The minimum atomic E-state index is -0.372. The van der Waals surface area contributed by atoms with E-state index in [2.05, 4.69) is 22.8 Å². The molecule has 0 saturated heterocycles. The molecule has 0 fully saturated rings. The lowest BCUT2D eigenvalue weighted by atomic mass is 10.1. The Morgan fingerprint density at radius 1 is 1.15 bits per heavy atom. The fourth-order valence-corrected chi connectivity index (χ4v) is 2.15. The molecule has 0 aliphatic carbocycles. The molecule has 5 heteroatoms. The number of hydrogen-bond acceptors (Lipinski definition) is 1. The third-order valence-electron chi connectivity index (χ3n) is 2.72. The lowest BCUT2D eigenvalue weighted by Gasteiger charge is -2.11. The molecule has 0 bridgehead atoms. The van der Waals surface area contributed by atoms with Gasteiger partial charge in [0.1, 0.15) is 5.82 Å². The molecule has 104 valence electrons. The van der Waals surface area contributed by atoms with Crippen LogP contribution in [-0.4, -0.2) is 11.7 Å². The Morgan fingerprint density at radius 2 is 1.90 bits per heavy atom. The Bertz CT molecular complexity index is 590. The minimum Gasteiger partial charge on any atom is -0.362 e. The number of thiocarbonyl (C=S) groups is 1. The van der Waals surface area contributed by atoms with Gasteiger partial charge in [0.15, 0.2) is 5.11 Å². The Balaban J connectivity index is 1.81. The molecule has 0 saturated carbocycles. The van der Waals surface area contributed by atoms with E-state index in [0.717, 1.165) is 6.42 Å². The molecule has 0 spiro atoms. The van der Waals surface area contributed by atoms with Crippen LogP contribution in [0.4, 0.5) is 10.1 Å². The van der Waals surface area contributed by atoms with E-state index in [4.69, 9.17) is 23.8 Å². The van der Waals surface area contributed by atoms with Gasteiger partial charge in [0.2, 0.25) is 0 Å². The standard InChI is InChI=1S/C15H14ClFN2S/c16-13-10-12(17)6-7-14(13)19-15(20)18-9-8-11-4-2-1-3-5-11/h1-7,10H,8-9H2,(H2,18,19,20). The zero-order valence-electron chi connectivity index (χ0n) is 10.7. The zero-order chi connectivity index (χ0) is 14.4. The summed E-state index contributed by atoms with van der Waals surface area (Å²) < 4.78 is 12.9. The van der Waals surface area contributed by atoms with Crippen molar-refractivity contribution < 1.29 is 4.39 Å². The van der Waals surface area contributed by atoms with Gasteiger partial charge in [-0.3, -0.25) is 0 Å². The van der Waals surface area contributed by atoms with E-state index in [1.54, 1.807) is 6.07 Å². The van der Waals surface area contributed by atoms with Gasteiger partial charge in [0.05, 0.1) is 10.7 Å². The van der Waals surface area contributed by atoms with Gasteiger partial charge in [-0.25, -0.2) is 4.39 Å². The van der Waals surface area contributed by atoms with E-state index in [9.17, 15) is 4.39 Å². The van der Waals surface area contributed by atoms with Crippen LogP contribution in [0.3, 0.4) is 0 Å². The summed E-state index contributed by atoms with van der Waals surface area (Å²) in [5.41, 5.74) is 1.83. The van der Waals surface area contributed by atoms with Crippen molar-refractivity contribution in [1.82, 2.24) is 5.32 Å². The first-order chi connectivity index (χ1) is 9.65. The van der Waals surface area contributed by atoms with Crippen LogP contribution in [0.5, 0.6) is 0 Å². The molecule has 0 aromatic heterocycles. The number of anilines is 1. The first-order valence-corrected chi connectivity index (χ1v) is 6.97. The molecular weight excluding hydrogens is 295 g/mol. The van der Waals surface area contributed by atoms with Crippen LogP contribution in [0.15, 0.2) is 48.5 Å². The number of rotatable bonds is 4. The largest absolute Gasteiger partial charge is 0.362 e. The number of benzene rings is 2. The first-order valence-electron chi connectivity index (χ1n) is 6.19. The Hall–Kier alpha value is -1.65. The van der Waals surface area contributed by atoms with Gasteiger partial charge in [0, 0.05) is 6.54 Å². The molecule has 0 heterocycles. The number of halogens is 2. The summed E-state index contributed by atoms with van der Waals surface area (Å²) in [6.45, 7) is 0.717. The van der Waals surface area contributed by atoms with E-state index < -0.39 is 0 Å². The average molecular weight is 309 g/mol. The molecule has 2 nitrogen and oxygen atoms in total. The Labute approximate surface area is 128 Å². The fourth-order valence-electron chi connectivity index (χ4n) is 1.72. The van der Waals surface area contributed by atoms with Gasteiger partial charge < -0.3 is 10.6 Å². The third kappa shape index (κ3) is 4.47. The van der Waals surface area contributed by atoms with Crippen LogP contribution in [0.25, 0.3) is 0 Å². The number of hydrogen-bond donors (Lipinski definition) is 2. The summed E-state index contributed by atoms with van der Waals surface area (Å²) in [7, 11) is 0. The van der Waals surface area contributed by atoms with Gasteiger partial charge in [-0.2, -0.15) is 0 Å². The second-order valence-corrected chi connectivity index (χ2v) is 5.06. The quantitative estimate of drug-likeness (QED) is 0.835. The summed E-state index contributed by atoms with van der Waals surface area (Å²) in [4.78, 5) is 0. The maximum absolute atomic E-state index is 12.9. The van der Waals surface area contributed by atoms with Crippen molar-refractivity contribution in [2.75, 3.05) is 11.9 Å². The predicted molar refractivity (Wildman–Crippen MR) is 85.8 cm³/mol. The third-order valence-corrected chi connectivity index (χ3v) is 3.28. The second kappa shape index (κ2) is 7.22. The molecule has 2 N–H and O–H groups in total. The van der Waals surface area contributed by atoms with E-state index >= 15 is 0 Å². The Kier molecular flexibility index (Phi) is 5.32. The molecule has 0 aliphatic rings. The van der Waals surface area contributed by atoms with E-state index in [1.807, 2.05) is 18.2 Å². The lowest BCUT2D eigenvalue weighted by Crippen LogP contribution is -2.30. The van der Waals surface area contributed by atoms with Crippen LogP contribution in [0.2, 0.25) is 5.02 Å². The molecule has 0 atom stereocenters. The smallest absolute Gasteiger partial charge is 0.170 e. The molecule has 2 aromatic rings. The van der Waals surface area contributed by atoms with E-state index in [1.165, 1.54) is 17.7 Å². The highest BCUT2D eigenvalue weighted by Gasteiger charge is 2.03. The Morgan fingerprint density at radius 3 is 2.60 bits per heavy atom. The maximum Gasteiger partial charge on any atom is 0.170 e. The van der Waals surface area contributed by atoms with Crippen LogP contribution >= 0.6 is 23.8 Å². The molecule has 2 rings (SSSR count). The predicted octanol–water partition coefficient (Wildman–Crippen LogP) is 4.01. The summed E-state index contributed by atoms with van der Waals surface area (Å²) in [6.07, 6.45) is 0.875. The SMILES string of the molecule is Fc1ccc(NC(=S)NCCc2ccccc2)c(Cl)c1. The van der Waals surface area contributed by atoms with Crippen LogP contribution in [0.1, 0.15) is 5.56 Å². The average Bonchev–Trinajstić information content (AvgIpc) is 2.43. The summed E-state index contributed by atoms with van der Waals surface area (Å²) in [6, 6.07) is 14.3. The molecule has 2 aromatic carbocycles. The first kappa shape index (κ1) is 14.8. The highest BCUT2D eigenvalue weighted by molar-refractivity contribution is 7.80. The molecule has 20 heavy (non-hydrogen) atoms. The zero-order valence-corrected chi connectivity index (χ0v) is 12.3. The van der Waals surface area contributed by atoms with Crippen molar-refractivity contribution in [3.8, 4) is 0 Å². The van der Waals surface area contributed by atoms with Gasteiger partial charge in [-0.05, 0) is 42.4 Å². The monoisotopic (exact) mass is 308 g/mol. The lowest BCUT2D eigenvalue weighted by molar-refractivity contribution is 0.628. The molecular formula is C15H14ClFN2S. The normalized spacial score (nSPS) is 10.1. The van der Waals surface area contributed by atoms with Crippen LogP contribution in [-0.2, 0) is 6.42 Å². The van der Waals surface area contributed by atoms with Gasteiger partial charge in [-0.1, -0.05) is 41.9 Å². The van der Waals surface area contributed by atoms with Gasteiger partial charge in [-0.15, -0.1) is 0 Å². The summed E-state index contributed by atoms with van der Waals surface area (Å²) in [5.74, 6) is -0.372. The van der Waals surface area contributed by atoms with Crippen molar-refractivity contribution in [2.45, 2.75) is 6.42 Å². The maximum atomic E-state index is 12.9. The molecule has 0 aliphatic heterocycles. The minimum absolute atomic E-state index is 0.303. The van der Waals surface area contributed by atoms with Crippen LogP contribution < -0.4 is 10.6 Å². The fraction of sp³-hybridized carbons (Fsp3) is 0.133. The van der Waals surface area contributed by atoms with E-state index in [0.29, 0.717) is 22.4 Å². The van der Waals surface area contributed by atoms with Crippen molar-refractivity contribution in [3.05, 3.63) is 64.9 Å². The molecule has 0 amide bonds. The molecule has 0 unspecified atom stereocenters. The number of nitrogens with one attached hydrogen (secondary N) is 2. The van der Waals surface area contributed by atoms with Crippen molar-refractivity contribution >= 4 is 34.6 Å². The summed E-state index contributed by atoms with van der Waals surface area (Å²) in [5, 5.41) is 6.80. The van der Waals surface area contributed by atoms with E-state index in [-0.39, 0.29) is 5.82 Å². The second-order valence-electron chi connectivity index (χ2n) is 4.24. The van der Waals surface area contributed by atoms with Crippen molar-refractivity contribution in [3.63, 3.8) is 0 Å². The topological polar surface area (TPSA) is 24.1 Å². The van der Waals surface area contributed by atoms with Crippen LogP contribution in [0, 0.1) is 5.82 Å². The van der Waals surface area contributed by atoms with Crippen molar-refractivity contribution in [1.29, 1.82) is 0 Å². The van der Waals surface area contributed by atoms with Crippen molar-refractivity contribution in [2.24, 2.45) is 0 Å². The molecule has 0 radical (unpaired) electrons. The highest BCUT2D eigenvalue weighted by atomic mass is 35.5. The van der Waals surface area contributed by atoms with Gasteiger partial charge >= 0.3 is 0 Å². The summed E-state index contributed by atoms with van der Waals surface area (Å²) >= 11 is 11.1.